The number of rotatable bonds is 6. The minimum Gasteiger partial charge on any atom is -0.271 e. The third-order valence-corrected chi connectivity index (χ3v) is 4.32. The van der Waals surface area contributed by atoms with Crippen LogP contribution in [0.4, 0.5) is 0 Å². The van der Waals surface area contributed by atoms with Crippen molar-refractivity contribution in [2.24, 2.45) is 11.8 Å². The molecule has 0 aliphatic heterocycles. The Kier molecular flexibility index (Phi) is 4.79. The van der Waals surface area contributed by atoms with Crippen LogP contribution < -0.4 is 11.3 Å². The summed E-state index contributed by atoms with van der Waals surface area (Å²) in [7, 11) is 0. The molecule has 0 bridgehead atoms. The molecule has 1 aromatic rings. The lowest BCUT2D eigenvalue weighted by Gasteiger charge is -2.26. The maximum absolute atomic E-state index is 5.80. The molecule has 0 heterocycles. The molecule has 100 valence electrons. The van der Waals surface area contributed by atoms with Gasteiger partial charge >= 0.3 is 0 Å². The third kappa shape index (κ3) is 2.93. The van der Waals surface area contributed by atoms with E-state index in [2.05, 4.69) is 43.5 Å². The molecule has 18 heavy (non-hydrogen) atoms. The van der Waals surface area contributed by atoms with Gasteiger partial charge in [0.05, 0.1) is 0 Å². The molecule has 0 spiro atoms. The topological polar surface area (TPSA) is 38.0 Å². The van der Waals surface area contributed by atoms with E-state index in [0.29, 0.717) is 12.0 Å². The summed E-state index contributed by atoms with van der Waals surface area (Å²) < 4.78 is 0. The summed E-state index contributed by atoms with van der Waals surface area (Å²) in [5.41, 5.74) is 6.11. The number of aryl methyl sites for hydroxylation is 1. The van der Waals surface area contributed by atoms with Crippen LogP contribution in [-0.4, -0.2) is 6.04 Å². The Morgan fingerprint density at radius 1 is 1.39 bits per heavy atom. The molecule has 3 unspecified atom stereocenters. The van der Waals surface area contributed by atoms with Gasteiger partial charge in [-0.25, -0.2) is 0 Å². The lowest BCUT2D eigenvalue weighted by Crippen LogP contribution is -2.40. The SMILES string of the molecule is CCCC(C)CC(NN)C1CCc2ccccc21. The third-order valence-electron chi connectivity index (χ3n) is 4.32. The van der Waals surface area contributed by atoms with Crippen molar-refractivity contribution >= 4 is 0 Å². The molecular formula is C16H26N2. The second kappa shape index (κ2) is 6.35. The van der Waals surface area contributed by atoms with Crippen molar-refractivity contribution < 1.29 is 0 Å². The van der Waals surface area contributed by atoms with Crippen molar-refractivity contribution in [1.82, 2.24) is 5.43 Å². The Balaban J connectivity index is 2.06. The van der Waals surface area contributed by atoms with Crippen LogP contribution in [0.2, 0.25) is 0 Å². The highest BCUT2D eigenvalue weighted by atomic mass is 15.2. The van der Waals surface area contributed by atoms with E-state index in [4.69, 9.17) is 5.84 Å². The molecule has 1 aliphatic carbocycles. The molecule has 2 nitrogen and oxygen atoms in total. The maximum Gasteiger partial charge on any atom is 0.0281 e. The normalized spacial score (nSPS) is 21.6. The Hall–Kier alpha value is -0.860. The average molecular weight is 246 g/mol. The van der Waals surface area contributed by atoms with Crippen molar-refractivity contribution in [3.8, 4) is 0 Å². The first-order valence-electron chi connectivity index (χ1n) is 7.30. The first kappa shape index (κ1) is 13.6. The molecule has 0 radical (unpaired) electrons. The van der Waals surface area contributed by atoms with Crippen molar-refractivity contribution in [2.75, 3.05) is 0 Å². The summed E-state index contributed by atoms with van der Waals surface area (Å²) in [6, 6.07) is 9.27. The average Bonchev–Trinajstić information content (AvgIpc) is 2.80. The van der Waals surface area contributed by atoms with E-state index in [0.717, 1.165) is 5.92 Å². The summed E-state index contributed by atoms with van der Waals surface area (Å²) in [6.07, 6.45) is 6.20. The number of hydrogen-bond donors (Lipinski definition) is 2. The number of fused-ring (bicyclic) bond motifs is 1. The highest BCUT2D eigenvalue weighted by Crippen LogP contribution is 2.37. The minimum atomic E-state index is 0.426. The lowest BCUT2D eigenvalue weighted by molar-refractivity contribution is 0.342. The van der Waals surface area contributed by atoms with Crippen LogP contribution >= 0.6 is 0 Å². The fourth-order valence-electron chi connectivity index (χ4n) is 3.40. The zero-order chi connectivity index (χ0) is 13.0. The van der Waals surface area contributed by atoms with Gasteiger partial charge in [-0.05, 0) is 36.3 Å². The Morgan fingerprint density at radius 3 is 2.89 bits per heavy atom. The summed E-state index contributed by atoms with van der Waals surface area (Å²) in [5.74, 6) is 7.16. The van der Waals surface area contributed by atoms with Gasteiger partial charge in [0.1, 0.15) is 0 Å². The quantitative estimate of drug-likeness (QED) is 0.596. The van der Waals surface area contributed by atoms with E-state index in [1.807, 2.05) is 0 Å². The number of nitrogens with one attached hydrogen (secondary N) is 1. The van der Waals surface area contributed by atoms with Crippen molar-refractivity contribution in [3.05, 3.63) is 35.4 Å². The fourth-order valence-corrected chi connectivity index (χ4v) is 3.40. The van der Waals surface area contributed by atoms with Gasteiger partial charge in [-0.1, -0.05) is 51.0 Å². The minimum absolute atomic E-state index is 0.426. The van der Waals surface area contributed by atoms with Crippen LogP contribution in [-0.2, 0) is 6.42 Å². The van der Waals surface area contributed by atoms with Crippen LogP contribution in [0.25, 0.3) is 0 Å². The molecule has 3 N–H and O–H groups in total. The molecule has 0 aromatic heterocycles. The predicted octanol–water partition coefficient (Wildman–Crippen LogP) is 3.37. The summed E-state index contributed by atoms with van der Waals surface area (Å²) in [6.45, 7) is 4.60. The van der Waals surface area contributed by atoms with Crippen LogP contribution in [0, 0.1) is 5.92 Å². The van der Waals surface area contributed by atoms with Gasteiger partial charge in [0.2, 0.25) is 0 Å². The van der Waals surface area contributed by atoms with E-state index >= 15 is 0 Å². The molecule has 0 amide bonds. The van der Waals surface area contributed by atoms with E-state index in [1.54, 1.807) is 0 Å². The van der Waals surface area contributed by atoms with Crippen LogP contribution in [0.3, 0.4) is 0 Å². The van der Waals surface area contributed by atoms with Crippen LogP contribution in [0.15, 0.2) is 24.3 Å². The molecule has 0 fully saturated rings. The number of hydrazine groups is 1. The summed E-state index contributed by atoms with van der Waals surface area (Å²) in [5, 5.41) is 0. The Morgan fingerprint density at radius 2 is 2.17 bits per heavy atom. The van der Waals surface area contributed by atoms with E-state index in [9.17, 15) is 0 Å². The molecule has 0 saturated carbocycles. The second-order valence-electron chi connectivity index (χ2n) is 5.75. The lowest BCUT2D eigenvalue weighted by atomic mass is 9.86. The molecule has 1 aromatic carbocycles. The zero-order valence-electron chi connectivity index (χ0n) is 11.7. The predicted molar refractivity (Wildman–Crippen MR) is 77.3 cm³/mol. The summed E-state index contributed by atoms with van der Waals surface area (Å²) in [4.78, 5) is 0. The van der Waals surface area contributed by atoms with Crippen LogP contribution in [0.5, 0.6) is 0 Å². The second-order valence-corrected chi connectivity index (χ2v) is 5.75. The molecule has 1 aliphatic rings. The monoisotopic (exact) mass is 246 g/mol. The largest absolute Gasteiger partial charge is 0.271 e. The van der Waals surface area contributed by atoms with E-state index < -0.39 is 0 Å². The van der Waals surface area contributed by atoms with E-state index in [1.165, 1.54) is 43.2 Å². The van der Waals surface area contributed by atoms with Gasteiger partial charge in [0, 0.05) is 12.0 Å². The van der Waals surface area contributed by atoms with Crippen LogP contribution in [0.1, 0.15) is 56.6 Å². The Labute approximate surface area is 111 Å². The number of hydrogen-bond acceptors (Lipinski definition) is 2. The van der Waals surface area contributed by atoms with E-state index in [-0.39, 0.29) is 0 Å². The molecule has 0 saturated heterocycles. The van der Waals surface area contributed by atoms with Gasteiger partial charge in [-0.15, -0.1) is 0 Å². The van der Waals surface area contributed by atoms with Crippen molar-refractivity contribution in [1.29, 1.82) is 0 Å². The highest BCUT2D eigenvalue weighted by Gasteiger charge is 2.29. The molecule has 2 heteroatoms. The van der Waals surface area contributed by atoms with Gasteiger partial charge < -0.3 is 0 Å². The standard InChI is InChI=1S/C16H26N2/c1-3-6-12(2)11-16(18-17)15-10-9-13-7-4-5-8-14(13)15/h4-5,7-8,12,15-16,18H,3,6,9-11,17H2,1-2H3. The van der Waals surface area contributed by atoms with Crippen molar-refractivity contribution in [3.63, 3.8) is 0 Å². The zero-order valence-corrected chi connectivity index (χ0v) is 11.7. The molecular weight excluding hydrogens is 220 g/mol. The maximum atomic E-state index is 5.80. The smallest absolute Gasteiger partial charge is 0.0281 e. The van der Waals surface area contributed by atoms with Gasteiger partial charge in [0.25, 0.3) is 0 Å². The van der Waals surface area contributed by atoms with Gasteiger partial charge in [0.15, 0.2) is 0 Å². The fraction of sp³-hybridized carbons (Fsp3) is 0.625. The summed E-state index contributed by atoms with van der Waals surface area (Å²) >= 11 is 0. The van der Waals surface area contributed by atoms with Gasteiger partial charge in [-0.2, -0.15) is 0 Å². The number of benzene rings is 1. The first-order chi connectivity index (χ1) is 8.76. The number of nitrogens with two attached hydrogens (primary N) is 1. The highest BCUT2D eigenvalue weighted by molar-refractivity contribution is 5.35. The first-order valence-corrected chi connectivity index (χ1v) is 7.30. The van der Waals surface area contributed by atoms with Crippen molar-refractivity contribution in [2.45, 2.75) is 57.9 Å². The molecule has 3 atom stereocenters. The Bertz CT molecular complexity index is 375. The molecule has 2 rings (SSSR count). The van der Waals surface area contributed by atoms with Gasteiger partial charge in [-0.3, -0.25) is 11.3 Å².